The fourth-order valence-corrected chi connectivity index (χ4v) is 2.68. The number of anilines is 2. The Morgan fingerprint density at radius 2 is 2.20 bits per heavy atom. The molecule has 0 radical (unpaired) electrons. The van der Waals surface area contributed by atoms with Crippen molar-refractivity contribution in [3.8, 4) is 0 Å². The van der Waals surface area contributed by atoms with Gasteiger partial charge in [-0.3, -0.25) is 4.79 Å². The molecule has 6 nitrogen and oxygen atoms in total. The van der Waals surface area contributed by atoms with Gasteiger partial charge in [0, 0.05) is 30.9 Å². The van der Waals surface area contributed by atoms with Gasteiger partial charge in [-0.25, -0.2) is 4.98 Å². The van der Waals surface area contributed by atoms with E-state index >= 15 is 0 Å². The summed E-state index contributed by atoms with van der Waals surface area (Å²) < 4.78 is 0. The van der Waals surface area contributed by atoms with Crippen molar-refractivity contribution in [2.75, 3.05) is 23.7 Å². The Labute approximate surface area is 118 Å². The molecule has 3 rings (SSSR count). The van der Waals surface area contributed by atoms with Gasteiger partial charge >= 0.3 is 0 Å². The number of nitrogens with zero attached hydrogens (tertiary/aromatic N) is 3. The molecule has 1 aromatic heterocycles. The molecule has 0 aromatic carbocycles. The van der Waals surface area contributed by atoms with E-state index in [1.165, 1.54) is 0 Å². The molecule has 0 bridgehead atoms. The maximum absolute atomic E-state index is 12.2. The second-order valence-corrected chi connectivity index (χ2v) is 5.79. The number of hydrogen-bond donors (Lipinski definition) is 2. The van der Waals surface area contributed by atoms with Crippen molar-refractivity contribution in [1.29, 1.82) is 0 Å². The maximum Gasteiger partial charge on any atom is 0.225 e. The molecular formula is C14H21N5O. The first kappa shape index (κ1) is 13.1. The molecule has 6 heteroatoms. The van der Waals surface area contributed by atoms with Crippen LogP contribution in [0.1, 0.15) is 31.4 Å². The van der Waals surface area contributed by atoms with E-state index < -0.39 is 0 Å². The summed E-state index contributed by atoms with van der Waals surface area (Å²) in [5.41, 5.74) is 6.56. The summed E-state index contributed by atoms with van der Waals surface area (Å²) in [6.45, 7) is 3.54. The van der Waals surface area contributed by atoms with Gasteiger partial charge in [-0.15, -0.1) is 0 Å². The van der Waals surface area contributed by atoms with Crippen LogP contribution in [-0.2, 0) is 4.79 Å². The lowest BCUT2D eigenvalue weighted by molar-refractivity contribution is -0.125. The van der Waals surface area contributed by atoms with E-state index in [1.807, 2.05) is 13.0 Å². The Morgan fingerprint density at radius 1 is 1.40 bits per heavy atom. The molecule has 1 unspecified atom stereocenters. The number of carbonyl (C=O) groups excluding carboxylic acids is 1. The van der Waals surface area contributed by atoms with Crippen molar-refractivity contribution in [3.05, 3.63) is 11.8 Å². The highest BCUT2D eigenvalue weighted by Crippen LogP contribution is 2.25. The quantitative estimate of drug-likeness (QED) is 0.855. The van der Waals surface area contributed by atoms with Gasteiger partial charge in [-0.05, 0) is 32.6 Å². The summed E-state index contributed by atoms with van der Waals surface area (Å²) in [5.74, 6) is 1.38. The lowest BCUT2D eigenvalue weighted by atomic mass is 9.97. The number of piperidine rings is 1. The molecular weight excluding hydrogens is 254 g/mol. The summed E-state index contributed by atoms with van der Waals surface area (Å²) in [7, 11) is 0. The number of hydrogen-bond acceptors (Lipinski definition) is 5. The molecule has 0 spiro atoms. The first-order valence-electron chi connectivity index (χ1n) is 7.28. The SMILES string of the molecule is Cc1cc(N2CCCC(C(=O)NC3CC3)C2)nc(N)n1. The average molecular weight is 275 g/mol. The predicted octanol–water partition coefficient (Wildman–Crippen LogP) is 0.862. The number of rotatable bonds is 3. The Kier molecular flexibility index (Phi) is 3.46. The van der Waals surface area contributed by atoms with Crippen molar-refractivity contribution in [1.82, 2.24) is 15.3 Å². The van der Waals surface area contributed by atoms with E-state index in [2.05, 4.69) is 20.2 Å². The molecule has 108 valence electrons. The summed E-state index contributed by atoms with van der Waals surface area (Å²) in [4.78, 5) is 22.7. The van der Waals surface area contributed by atoms with Crippen molar-refractivity contribution in [2.45, 2.75) is 38.6 Å². The third kappa shape index (κ3) is 3.00. The van der Waals surface area contributed by atoms with Gasteiger partial charge in [-0.2, -0.15) is 4.98 Å². The number of aromatic nitrogens is 2. The molecule has 1 amide bonds. The zero-order chi connectivity index (χ0) is 14.1. The topological polar surface area (TPSA) is 84.1 Å². The Bertz CT molecular complexity index is 494. The van der Waals surface area contributed by atoms with E-state index in [4.69, 9.17) is 5.73 Å². The second-order valence-electron chi connectivity index (χ2n) is 5.79. The molecule has 1 aromatic rings. The fraction of sp³-hybridized carbons (Fsp3) is 0.643. The lowest BCUT2D eigenvalue weighted by Crippen LogP contribution is -2.44. The number of amides is 1. The molecule has 20 heavy (non-hydrogen) atoms. The van der Waals surface area contributed by atoms with Crippen molar-refractivity contribution >= 4 is 17.7 Å². The Morgan fingerprint density at radius 3 is 2.90 bits per heavy atom. The molecule has 1 saturated heterocycles. The minimum absolute atomic E-state index is 0.0563. The van der Waals surface area contributed by atoms with Crippen molar-refractivity contribution in [3.63, 3.8) is 0 Å². The van der Waals surface area contributed by atoms with Crippen LogP contribution in [0.3, 0.4) is 0 Å². The van der Waals surface area contributed by atoms with E-state index in [0.717, 1.165) is 43.7 Å². The molecule has 2 aliphatic rings. The van der Waals surface area contributed by atoms with Crippen LogP contribution in [0.2, 0.25) is 0 Å². The Hall–Kier alpha value is -1.85. The van der Waals surface area contributed by atoms with Gasteiger partial charge in [0.05, 0.1) is 5.92 Å². The predicted molar refractivity (Wildman–Crippen MR) is 77.3 cm³/mol. The smallest absolute Gasteiger partial charge is 0.225 e. The molecule has 1 atom stereocenters. The summed E-state index contributed by atoms with van der Waals surface area (Å²) in [6.07, 6.45) is 4.22. The maximum atomic E-state index is 12.2. The van der Waals surface area contributed by atoms with Gasteiger partial charge < -0.3 is 16.0 Å². The van der Waals surface area contributed by atoms with Crippen LogP contribution in [-0.4, -0.2) is 35.0 Å². The second kappa shape index (κ2) is 5.26. The van der Waals surface area contributed by atoms with E-state index in [-0.39, 0.29) is 11.8 Å². The minimum Gasteiger partial charge on any atom is -0.368 e. The summed E-state index contributed by atoms with van der Waals surface area (Å²) in [6, 6.07) is 2.35. The lowest BCUT2D eigenvalue weighted by Gasteiger charge is -2.33. The highest BCUT2D eigenvalue weighted by Gasteiger charge is 2.30. The number of aryl methyl sites for hydroxylation is 1. The number of nitrogen functional groups attached to an aromatic ring is 1. The minimum atomic E-state index is 0.0563. The van der Waals surface area contributed by atoms with Crippen molar-refractivity contribution in [2.24, 2.45) is 5.92 Å². The van der Waals surface area contributed by atoms with E-state index in [9.17, 15) is 4.79 Å². The Balaban J connectivity index is 1.68. The largest absolute Gasteiger partial charge is 0.368 e. The first-order valence-corrected chi connectivity index (χ1v) is 7.28. The summed E-state index contributed by atoms with van der Waals surface area (Å²) in [5, 5.41) is 3.10. The highest BCUT2D eigenvalue weighted by molar-refractivity contribution is 5.80. The van der Waals surface area contributed by atoms with Crippen LogP contribution >= 0.6 is 0 Å². The van der Waals surface area contributed by atoms with Crippen LogP contribution in [0.15, 0.2) is 6.07 Å². The zero-order valence-electron chi connectivity index (χ0n) is 11.8. The highest BCUT2D eigenvalue weighted by atomic mass is 16.2. The van der Waals surface area contributed by atoms with E-state index in [1.54, 1.807) is 0 Å². The molecule has 1 aliphatic carbocycles. The van der Waals surface area contributed by atoms with Crippen LogP contribution in [0, 0.1) is 12.8 Å². The monoisotopic (exact) mass is 275 g/mol. The van der Waals surface area contributed by atoms with Crippen LogP contribution in [0.5, 0.6) is 0 Å². The van der Waals surface area contributed by atoms with Crippen LogP contribution in [0.25, 0.3) is 0 Å². The normalized spacial score (nSPS) is 22.6. The molecule has 2 fully saturated rings. The number of nitrogens with one attached hydrogen (secondary N) is 1. The van der Waals surface area contributed by atoms with Crippen LogP contribution in [0.4, 0.5) is 11.8 Å². The van der Waals surface area contributed by atoms with Gasteiger partial charge in [0.15, 0.2) is 0 Å². The zero-order valence-corrected chi connectivity index (χ0v) is 11.8. The molecule has 1 saturated carbocycles. The standard InChI is InChI=1S/C14H21N5O/c1-9-7-12(18-14(15)16-9)19-6-2-3-10(8-19)13(20)17-11-4-5-11/h7,10-11H,2-6,8H2,1H3,(H,17,20)(H2,15,16,18). The van der Waals surface area contributed by atoms with Gasteiger partial charge in [0.2, 0.25) is 11.9 Å². The third-order valence-electron chi connectivity index (χ3n) is 3.90. The first-order chi connectivity index (χ1) is 9.61. The molecule has 2 heterocycles. The average Bonchev–Trinajstić information content (AvgIpc) is 3.22. The molecule has 1 aliphatic heterocycles. The van der Waals surface area contributed by atoms with Gasteiger partial charge in [0.1, 0.15) is 5.82 Å². The fourth-order valence-electron chi connectivity index (χ4n) is 2.68. The van der Waals surface area contributed by atoms with E-state index in [0.29, 0.717) is 18.5 Å². The number of nitrogens with two attached hydrogens (primary N) is 1. The van der Waals surface area contributed by atoms with Crippen molar-refractivity contribution < 1.29 is 4.79 Å². The third-order valence-corrected chi connectivity index (χ3v) is 3.90. The molecule has 3 N–H and O–H groups in total. The number of carbonyl (C=O) groups is 1. The summed E-state index contributed by atoms with van der Waals surface area (Å²) >= 11 is 0. The van der Waals surface area contributed by atoms with Crippen LogP contribution < -0.4 is 16.0 Å². The van der Waals surface area contributed by atoms with Gasteiger partial charge in [-0.1, -0.05) is 0 Å². The van der Waals surface area contributed by atoms with Gasteiger partial charge in [0.25, 0.3) is 0 Å².